The molecule has 0 saturated carbocycles. The lowest BCUT2D eigenvalue weighted by Gasteiger charge is -2.12. The van der Waals surface area contributed by atoms with Crippen LogP contribution in [0.1, 0.15) is 12.5 Å². The highest BCUT2D eigenvalue weighted by Gasteiger charge is 2.02. The van der Waals surface area contributed by atoms with E-state index in [1.165, 1.54) is 0 Å². The molecule has 1 unspecified atom stereocenters. The highest BCUT2D eigenvalue weighted by Crippen LogP contribution is 2.22. The predicted molar refractivity (Wildman–Crippen MR) is 81.8 cm³/mol. The molecule has 1 atom stereocenters. The molecule has 3 heteroatoms. The predicted octanol–water partition coefficient (Wildman–Crippen LogP) is 2.56. The number of rotatable bonds is 4. The molecule has 0 fully saturated rings. The Morgan fingerprint density at radius 1 is 1.15 bits per heavy atom. The van der Waals surface area contributed by atoms with Gasteiger partial charge < -0.3 is 15.2 Å². The van der Waals surface area contributed by atoms with Gasteiger partial charge in [0.15, 0.2) is 0 Å². The number of hydrogen-bond acceptors (Lipinski definition) is 3. The Balaban J connectivity index is 2.18. The van der Waals surface area contributed by atoms with Crippen molar-refractivity contribution in [1.82, 2.24) is 0 Å². The summed E-state index contributed by atoms with van der Waals surface area (Å²) in [5, 5.41) is 2.27. The van der Waals surface area contributed by atoms with E-state index in [4.69, 9.17) is 15.2 Å². The maximum Gasteiger partial charge on any atom is 0.120 e. The number of methoxy groups -OCH3 is 1. The molecule has 0 amide bonds. The second kappa shape index (κ2) is 6.95. The summed E-state index contributed by atoms with van der Waals surface area (Å²) in [6.45, 7) is 2.90. The van der Waals surface area contributed by atoms with Gasteiger partial charge in [0.25, 0.3) is 0 Å². The Labute approximate surface area is 119 Å². The molecule has 2 aromatic carbocycles. The Morgan fingerprint density at radius 2 is 1.90 bits per heavy atom. The molecule has 2 N–H and O–H groups in total. The summed E-state index contributed by atoms with van der Waals surface area (Å²) in [4.78, 5) is 0. The van der Waals surface area contributed by atoms with E-state index in [0.29, 0.717) is 13.2 Å². The van der Waals surface area contributed by atoms with Crippen LogP contribution in [0.3, 0.4) is 0 Å². The summed E-state index contributed by atoms with van der Waals surface area (Å²) in [6, 6.07) is 12.1. The van der Waals surface area contributed by atoms with E-state index in [9.17, 15) is 0 Å². The molecule has 2 rings (SSSR count). The molecule has 0 aliphatic heterocycles. The van der Waals surface area contributed by atoms with E-state index < -0.39 is 0 Å². The molecule has 2 aromatic rings. The van der Waals surface area contributed by atoms with E-state index in [2.05, 4.69) is 17.9 Å². The zero-order chi connectivity index (χ0) is 14.4. The highest BCUT2D eigenvalue weighted by molar-refractivity contribution is 5.85. The first-order valence-corrected chi connectivity index (χ1v) is 6.61. The van der Waals surface area contributed by atoms with Gasteiger partial charge >= 0.3 is 0 Å². The maximum atomic E-state index is 5.69. The smallest absolute Gasteiger partial charge is 0.120 e. The Morgan fingerprint density at radius 3 is 2.65 bits per heavy atom. The third-order valence-corrected chi connectivity index (χ3v) is 3.03. The quantitative estimate of drug-likeness (QED) is 0.868. The average molecular weight is 269 g/mol. The SMILES string of the molecule is COC(C)COc1ccc2cc(C#CCN)ccc2c1. The maximum absolute atomic E-state index is 5.69. The van der Waals surface area contributed by atoms with Crippen molar-refractivity contribution in [1.29, 1.82) is 0 Å². The summed E-state index contributed by atoms with van der Waals surface area (Å²) in [5.41, 5.74) is 6.35. The first-order chi connectivity index (χ1) is 9.72. The molecule has 0 radical (unpaired) electrons. The van der Waals surface area contributed by atoms with Crippen molar-refractivity contribution in [3.8, 4) is 17.6 Å². The van der Waals surface area contributed by atoms with Crippen molar-refractivity contribution in [2.45, 2.75) is 13.0 Å². The number of nitrogens with two attached hydrogens (primary N) is 1. The molecule has 0 saturated heterocycles. The van der Waals surface area contributed by atoms with Crippen molar-refractivity contribution in [2.75, 3.05) is 20.3 Å². The van der Waals surface area contributed by atoms with Gasteiger partial charge in [-0.1, -0.05) is 24.0 Å². The van der Waals surface area contributed by atoms with E-state index in [0.717, 1.165) is 22.1 Å². The van der Waals surface area contributed by atoms with E-state index in [1.807, 2.05) is 37.3 Å². The van der Waals surface area contributed by atoms with Gasteiger partial charge in [-0.15, -0.1) is 0 Å². The lowest BCUT2D eigenvalue weighted by molar-refractivity contribution is 0.0717. The lowest BCUT2D eigenvalue weighted by atomic mass is 10.1. The summed E-state index contributed by atoms with van der Waals surface area (Å²) in [6.07, 6.45) is 0.0830. The second-order valence-corrected chi connectivity index (χ2v) is 4.59. The van der Waals surface area contributed by atoms with Gasteiger partial charge in [0.2, 0.25) is 0 Å². The Hall–Kier alpha value is -2.02. The Bertz CT molecular complexity index is 640. The van der Waals surface area contributed by atoms with Crippen LogP contribution in [0.25, 0.3) is 10.8 Å². The van der Waals surface area contributed by atoms with Crippen LogP contribution in [-0.2, 0) is 4.74 Å². The Kier molecular flexibility index (Phi) is 5.00. The molecule has 0 bridgehead atoms. The minimum absolute atomic E-state index is 0.0830. The van der Waals surface area contributed by atoms with Crippen LogP contribution in [0.4, 0.5) is 0 Å². The standard InChI is InChI=1S/C17H19NO2/c1-13(19-2)12-20-17-8-7-15-10-14(4-3-9-18)5-6-16(15)11-17/h5-8,10-11,13H,9,12,18H2,1-2H3. The molecule has 104 valence electrons. The normalized spacial score (nSPS) is 11.8. The third-order valence-electron chi connectivity index (χ3n) is 3.03. The first kappa shape index (κ1) is 14.4. The highest BCUT2D eigenvalue weighted by atomic mass is 16.5. The molecule has 0 spiro atoms. The summed E-state index contributed by atoms with van der Waals surface area (Å²) >= 11 is 0. The largest absolute Gasteiger partial charge is 0.491 e. The van der Waals surface area contributed by atoms with Gasteiger partial charge in [0.05, 0.1) is 12.6 Å². The second-order valence-electron chi connectivity index (χ2n) is 4.59. The van der Waals surface area contributed by atoms with Gasteiger partial charge in [0.1, 0.15) is 12.4 Å². The van der Waals surface area contributed by atoms with Crippen LogP contribution in [0, 0.1) is 11.8 Å². The van der Waals surface area contributed by atoms with Crippen LogP contribution in [0.5, 0.6) is 5.75 Å². The van der Waals surface area contributed by atoms with Gasteiger partial charge in [-0.05, 0) is 42.0 Å². The zero-order valence-electron chi connectivity index (χ0n) is 11.8. The minimum Gasteiger partial charge on any atom is -0.491 e. The van der Waals surface area contributed by atoms with E-state index in [-0.39, 0.29) is 6.10 Å². The van der Waals surface area contributed by atoms with Gasteiger partial charge in [-0.3, -0.25) is 0 Å². The molecule has 0 aliphatic rings. The lowest BCUT2D eigenvalue weighted by Crippen LogP contribution is -2.15. The fourth-order valence-electron chi connectivity index (χ4n) is 1.83. The summed E-state index contributed by atoms with van der Waals surface area (Å²) in [5.74, 6) is 6.74. The van der Waals surface area contributed by atoms with Crippen molar-refractivity contribution in [3.63, 3.8) is 0 Å². The molecular weight excluding hydrogens is 250 g/mol. The molecular formula is C17H19NO2. The summed E-state index contributed by atoms with van der Waals surface area (Å²) in [7, 11) is 1.68. The van der Waals surface area contributed by atoms with Crippen molar-refractivity contribution in [3.05, 3.63) is 42.0 Å². The minimum atomic E-state index is 0.0830. The van der Waals surface area contributed by atoms with Gasteiger partial charge in [-0.2, -0.15) is 0 Å². The van der Waals surface area contributed by atoms with Crippen LogP contribution in [-0.4, -0.2) is 26.4 Å². The van der Waals surface area contributed by atoms with E-state index >= 15 is 0 Å². The number of fused-ring (bicyclic) bond motifs is 1. The van der Waals surface area contributed by atoms with Crippen molar-refractivity contribution in [2.24, 2.45) is 5.73 Å². The fourth-order valence-corrected chi connectivity index (χ4v) is 1.83. The molecule has 0 aromatic heterocycles. The van der Waals surface area contributed by atoms with Crippen molar-refractivity contribution >= 4 is 10.8 Å². The first-order valence-electron chi connectivity index (χ1n) is 6.61. The monoisotopic (exact) mass is 269 g/mol. The molecule has 0 heterocycles. The van der Waals surface area contributed by atoms with Gasteiger partial charge in [0, 0.05) is 12.7 Å². The van der Waals surface area contributed by atoms with Crippen LogP contribution < -0.4 is 10.5 Å². The number of benzene rings is 2. The van der Waals surface area contributed by atoms with Crippen LogP contribution >= 0.6 is 0 Å². The number of ether oxygens (including phenoxy) is 2. The van der Waals surface area contributed by atoms with Crippen LogP contribution in [0.15, 0.2) is 36.4 Å². The fraction of sp³-hybridized carbons (Fsp3) is 0.294. The zero-order valence-corrected chi connectivity index (χ0v) is 11.8. The van der Waals surface area contributed by atoms with Gasteiger partial charge in [-0.25, -0.2) is 0 Å². The summed E-state index contributed by atoms with van der Waals surface area (Å²) < 4.78 is 10.9. The average Bonchev–Trinajstić information content (AvgIpc) is 2.50. The molecule has 20 heavy (non-hydrogen) atoms. The third kappa shape index (κ3) is 3.74. The topological polar surface area (TPSA) is 44.5 Å². The van der Waals surface area contributed by atoms with E-state index in [1.54, 1.807) is 7.11 Å². The molecule has 3 nitrogen and oxygen atoms in total. The van der Waals surface area contributed by atoms with Crippen molar-refractivity contribution < 1.29 is 9.47 Å². The molecule has 0 aliphatic carbocycles. The number of hydrogen-bond donors (Lipinski definition) is 1. The van der Waals surface area contributed by atoms with Crippen LogP contribution in [0.2, 0.25) is 0 Å².